The van der Waals surface area contributed by atoms with Crippen LogP contribution in [0.2, 0.25) is 0 Å². The van der Waals surface area contributed by atoms with Gasteiger partial charge in [0.05, 0.1) is 5.60 Å². The van der Waals surface area contributed by atoms with Crippen LogP contribution in [0.5, 0.6) is 5.75 Å². The minimum atomic E-state index is -1.12. The van der Waals surface area contributed by atoms with Crippen molar-refractivity contribution in [2.45, 2.75) is 70.6 Å². The van der Waals surface area contributed by atoms with Crippen LogP contribution >= 0.6 is 0 Å². The van der Waals surface area contributed by atoms with Crippen LogP contribution in [0, 0.1) is 11.8 Å². The highest BCUT2D eigenvalue weighted by Gasteiger charge is 2.43. The number of likely N-dealkylation sites (tertiary alicyclic amines) is 1. The van der Waals surface area contributed by atoms with Gasteiger partial charge >= 0.3 is 6.03 Å². The molecule has 3 N–H and O–H groups in total. The van der Waals surface area contributed by atoms with E-state index in [4.69, 9.17) is 9.47 Å². The fourth-order valence-corrected chi connectivity index (χ4v) is 5.71. The van der Waals surface area contributed by atoms with Gasteiger partial charge in [0.1, 0.15) is 12.4 Å². The number of likely N-dealkylation sites (N-methyl/N-ethyl adjacent to an activating group) is 1. The Kier molecular flexibility index (Phi) is 12.6. The number of piperidine rings is 1. The van der Waals surface area contributed by atoms with Crippen molar-refractivity contribution >= 4 is 6.03 Å². The number of hydrogen-bond donors (Lipinski definition) is 3. The van der Waals surface area contributed by atoms with Crippen molar-refractivity contribution in [2.75, 3.05) is 40.4 Å². The molecular weight excluding hydrogens is 490 g/mol. The molecule has 1 heterocycles. The number of carbonyl (C=O) groups is 1. The molecule has 3 rings (SSSR count). The highest BCUT2D eigenvalue weighted by Crippen LogP contribution is 2.43. The predicted molar refractivity (Wildman–Crippen MR) is 157 cm³/mol. The third-order valence-electron chi connectivity index (χ3n) is 7.67. The number of rotatable bonds is 15. The standard InChI is InChI=1S/C32H49N3O4/c1-25(2)21-28(22-33-3)34-31(36)35-19-12-15-27(23-35)32(37,18-10-11-20-38-4)29-16-8-9-17-30(29)39-24-26-13-6-5-7-14-26/h5-9,13-14,16-17,25,27-28,33,37H,10-12,15,18-24H2,1-4H3,(H,34,36). The molecule has 0 bridgehead atoms. The topological polar surface area (TPSA) is 83.1 Å². The molecular formula is C32H49N3O4. The number of para-hydroxylation sites is 1. The molecule has 0 saturated carbocycles. The third-order valence-corrected chi connectivity index (χ3v) is 7.67. The third kappa shape index (κ3) is 9.23. The second kappa shape index (κ2) is 15.8. The number of ether oxygens (including phenoxy) is 2. The molecule has 1 saturated heterocycles. The molecule has 2 aromatic carbocycles. The van der Waals surface area contributed by atoms with Gasteiger partial charge in [-0.15, -0.1) is 0 Å². The molecule has 2 amide bonds. The molecule has 3 unspecified atom stereocenters. The highest BCUT2D eigenvalue weighted by atomic mass is 16.5. The molecule has 216 valence electrons. The molecule has 7 heteroatoms. The summed E-state index contributed by atoms with van der Waals surface area (Å²) in [5, 5.41) is 18.9. The summed E-state index contributed by atoms with van der Waals surface area (Å²) in [5.41, 5.74) is 0.759. The van der Waals surface area contributed by atoms with Gasteiger partial charge in [-0.05, 0) is 63.1 Å². The number of amides is 2. The number of benzene rings is 2. The number of urea groups is 1. The van der Waals surface area contributed by atoms with Gasteiger partial charge in [0, 0.05) is 50.9 Å². The van der Waals surface area contributed by atoms with Gasteiger partial charge in [0.15, 0.2) is 0 Å². The fourth-order valence-electron chi connectivity index (χ4n) is 5.71. The summed E-state index contributed by atoms with van der Waals surface area (Å²) in [5.74, 6) is 1.08. The van der Waals surface area contributed by atoms with E-state index in [1.165, 1.54) is 0 Å². The lowest BCUT2D eigenvalue weighted by Crippen LogP contribution is -2.54. The molecule has 39 heavy (non-hydrogen) atoms. The van der Waals surface area contributed by atoms with Crippen molar-refractivity contribution in [1.29, 1.82) is 0 Å². The molecule has 0 aromatic heterocycles. The van der Waals surface area contributed by atoms with Gasteiger partial charge in [0.2, 0.25) is 0 Å². The van der Waals surface area contributed by atoms with E-state index in [0.29, 0.717) is 44.4 Å². The SMILES string of the molecule is CNCC(CC(C)C)NC(=O)N1CCCC(C(O)(CCCCOC)c2ccccc2OCc2ccccc2)C1. The lowest BCUT2D eigenvalue weighted by molar-refractivity contribution is -0.0581. The first kappa shape index (κ1) is 30.9. The van der Waals surface area contributed by atoms with Crippen molar-refractivity contribution in [1.82, 2.24) is 15.5 Å². The van der Waals surface area contributed by atoms with Crippen molar-refractivity contribution in [3.05, 3.63) is 65.7 Å². The van der Waals surface area contributed by atoms with Gasteiger partial charge in [-0.1, -0.05) is 62.4 Å². The maximum atomic E-state index is 13.4. The van der Waals surface area contributed by atoms with Crippen LogP contribution in [0.1, 0.15) is 63.5 Å². The zero-order valence-corrected chi connectivity index (χ0v) is 24.3. The second-order valence-electron chi connectivity index (χ2n) is 11.3. The van der Waals surface area contributed by atoms with Gasteiger partial charge in [-0.3, -0.25) is 0 Å². The quantitative estimate of drug-likeness (QED) is 0.267. The number of hydrogen-bond acceptors (Lipinski definition) is 5. The zero-order chi connectivity index (χ0) is 28.1. The lowest BCUT2D eigenvalue weighted by Gasteiger charge is -2.43. The van der Waals surface area contributed by atoms with E-state index >= 15 is 0 Å². The maximum Gasteiger partial charge on any atom is 0.317 e. The summed E-state index contributed by atoms with van der Waals surface area (Å²) in [7, 11) is 3.62. The van der Waals surface area contributed by atoms with Crippen molar-refractivity contribution in [3.63, 3.8) is 0 Å². The highest BCUT2D eigenvalue weighted by molar-refractivity contribution is 5.74. The summed E-state index contributed by atoms with van der Waals surface area (Å²) >= 11 is 0. The van der Waals surface area contributed by atoms with Gasteiger partial charge in [0.25, 0.3) is 0 Å². The van der Waals surface area contributed by atoms with E-state index < -0.39 is 5.60 Å². The average molecular weight is 540 g/mol. The first-order chi connectivity index (χ1) is 18.9. The Bertz CT molecular complexity index is 986. The van der Waals surface area contributed by atoms with Crippen molar-refractivity contribution in [2.24, 2.45) is 11.8 Å². The van der Waals surface area contributed by atoms with Crippen LogP contribution in [0.4, 0.5) is 4.79 Å². The largest absolute Gasteiger partial charge is 0.489 e. The molecule has 0 aliphatic carbocycles. The number of nitrogens with one attached hydrogen (secondary N) is 2. The Morgan fingerprint density at radius 1 is 1.13 bits per heavy atom. The van der Waals surface area contributed by atoms with E-state index in [1.54, 1.807) is 7.11 Å². The smallest absolute Gasteiger partial charge is 0.317 e. The molecule has 1 aliphatic rings. The van der Waals surface area contributed by atoms with Crippen LogP contribution in [-0.2, 0) is 16.9 Å². The zero-order valence-electron chi connectivity index (χ0n) is 24.3. The Morgan fingerprint density at radius 3 is 2.59 bits per heavy atom. The van der Waals surface area contributed by atoms with E-state index in [9.17, 15) is 9.90 Å². The second-order valence-corrected chi connectivity index (χ2v) is 11.3. The summed E-state index contributed by atoms with van der Waals surface area (Å²) in [4.78, 5) is 15.3. The molecule has 3 atom stereocenters. The summed E-state index contributed by atoms with van der Waals surface area (Å²) in [6.07, 6.45) is 4.88. The van der Waals surface area contributed by atoms with Gasteiger partial charge in [-0.25, -0.2) is 4.79 Å². The number of unbranched alkanes of at least 4 members (excludes halogenated alkanes) is 1. The maximum absolute atomic E-state index is 13.4. The normalized spacial score (nSPS) is 18.0. The van der Waals surface area contributed by atoms with Gasteiger partial charge in [-0.2, -0.15) is 0 Å². The Labute approximate surface area is 235 Å². The molecule has 2 aromatic rings. The predicted octanol–water partition coefficient (Wildman–Crippen LogP) is 5.33. The Balaban J connectivity index is 1.81. The average Bonchev–Trinajstić information content (AvgIpc) is 2.94. The van der Waals surface area contributed by atoms with Crippen LogP contribution in [0.15, 0.2) is 54.6 Å². The Morgan fingerprint density at radius 2 is 1.87 bits per heavy atom. The van der Waals surface area contributed by atoms with E-state index in [2.05, 4.69) is 24.5 Å². The van der Waals surface area contributed by atoms with Crippen molar-refractivity contribution < 1.29 is 19.4 Å². The minimum Gasteiger partial charge on any atom is -0.489 e. The number of methoxy groups -OCH3 is 1. The van der Waals surface area contributed by atoms with Crippen LogP contribution in [0.3, 0.4) is 0 Å². The molecule has 1 fully saturated rings. The van der Waals surface area contributed by atoms with Crippen LogP contribution in [0.25, 0.3) is 0 Å². The van der Waals surface area contributed by atoms with Gasteiger partial charge < -0.3 is 30.1 Å². The number of carbonyl (C=O) groups excluding carboxylic acids is 1. The Hall–Kier alpha value is -2.61. The molecule has 1 aliphatic heterocycles. The summed E-state index contributed by atoms with van der Waals surface area (Å²) in [6.45, 7) is 7.37. The van der Waals surface area contributed by atoms with E-state index in [1.807, 2.05) is 66.5 Å². The van der Waals surface area contributed by atoms with Crippen LogP contribution < -0.4 is 15.4 Å². The summed E-state index contributed by atoms with van der Waals surface area (Å²) < 4.78 is 11.6. The molecule has 0 radical (unpaired) electrons. The first-order valence-corrected chi connectivity index (χ1v) is 14.5. The minimum absolute atomic E-state index is 0.0454. The van der Waals surface area contributed by atoms with E-state index in [0.717, 1.165) is 49.8 Å². The van der Waals surface area contributed by atoms with Crippen LogP contribution in [-0.4, -0.2) is 62.5 Å². The number of nitrogens with zero attached hydrogens (tertiary/aromatic N) is 1. The monoisotopic (exact) mass is 539 g/mol. The lowest BCUT2D eigenvalue weighted by atomic mass is 9.73. The van der Waals surface area contributed by atoms with Crippen molar-refractivity contribution in [3.8, 4) is 5.75 Å². The first-order valence-electron chi connectivity index (χ1n) is 14.5. The summed E-state index contributed by atoms with van der Waals surface area (Å²) in [6, 6.07) is 17.9. The van der Waals surface area contributed by atoms with E-state index in [-0.39, 0.29) is 18.0 Å². The number of aliphatic hydroxyl groups is 1. The molecule has 7 nitrogen and oxygen atoms in total. The molecule has 0 spiro atoms. The fraction of sp³-hybridized carbons (Fsp3) is 0.594.